The smallest absolute Gasteiger partial charge is 0.476 e. The largest absolute Gasteiger partial charge is 0.511 e. The van der Waals surface area contributed by atoms with Crippen LogP contribution in [0.3, 0.4) is 0 Å². The molecule has 8 N–H and O–H groups in total. The van der Waals surface area contributed by atoms with Crippen LogP contribution in [0.2, 0.25) is 30.1 Å². The summed E-state index contributed by atoms with van der Waals surface area (Å²) in [7, 11) is 7.75. The summed E-state index contributed by atoms with van der Waals surface area (Å²) in [6.45, 7) is 7.37. The van der Waals surface area contributed by atoms with E-state index in [0.717, 1.165) is 94.2 Å². The summed E-state index contributed by atoms with van der Waals surface area (Å²) in [5.41, 5.74) is 3.66. The second-order valence-corrected chi connectivity index (χ2v) is 26.9. The number of amides is 2. The van der Waals surface area contributed by atoms with Gasteiger partial charge in [-0.2, -0.15) is 29.9 Å². The first-order valence-electron chi connectivity index (χ1n) is 33.1. The van der Waals surface area contributed by atoms with Crippen molar-refractivity contribution in [1.29, 1.82) is 0 Å². The first-order valence-corrected chi connectivity index (χ1v) is 36.5. The zero-order valence-electron chi connectivity index (χ0n) is 65.0. The van der Waals surface area contributed by atoms with Crippen LogP contribution in [0.1, 0.15) is 71.1 Å². The van der Waals surface area contributed by atoms with Gasteiger partial charge in [0.1, 0.15) is 34.9 Å². The predicted molar refractivity (Wildman–Crippen MR) is 436 cm³/mol. The van der Waals surface area contributed by atoms with Crippen LogP contribution >= 0.6 is 104 Å². The number of tetrazole rings is 1. The molecule has 0 radical (unpaired) electrons. The van der Waals surface area contributed by atoms with E-state index < -0.39 is 119 Å². The molecule has 124 heavy (non-hydrogen) atoms. The summed E-state index contributed by atoms with van der Waals surface area (Å²) in [6, 6.07) is 20.6. The Hall–Kier alpha value is -12.6. The monoisotopic (exact) mass is 1920 g/mol. The number of halogens is 15. The highest BCUT2D eigenvalue weighted by Gasteiger charge is 2.27. The third-order valence-corrected chi connectivity index (χ3v) is 15.5. The van der Waals surface area contributed by atoms with Crippen molar-refractivity contribution in [2.45, 2.75) is 44.5 Å². The number of carboxylic acids is 1. The zero-order valence-corrected chi connectivity index (χ0v) is 71.8. The third-order valence-electron chi connectivity index (χ3n) is 13.4. The molecule has 0 aliphatic heterocycles. The summed E-state index contributed by atoms with van der Waals surface area (Å²) in [5.74, 6) is -2.53. The van der Waals surface area contributed by atoms with Gasteiger partial charge in [-0.15, -0.1) is 0 Å². The Balaban J connectivity index is 0.000000722. The highest BCUT2D eigenvalue weighted by atomic mass is 35.6. The third kappa shape index (κ3) is 35.4. The van der Waals surface area contributed by atoms with Crippen LogP contribution in [0, 0.1) is 34.9 Å². The Kier molecular flexibility index (Phi) is 47.0. The molecular weight excluding hydrogens is 1860 g/mol. The van der Waals surface area contributed by atoms with Gasteiger partial charge in [0.2, 0.25) is 35.1 Å². The molecule has 39 nitrogen and oxygen atoms in total. The number of likely N-dealkylation sites (N-methyl/N-ethyl adjacent to an activating group) is 1. The first-order chi connectivity index (χ1) is 57.9. The van der Waals surface area contributed by atoms with Crippen LogP contribution in [0.15, 0.2) is 143 Å². The Morgan fingerprint density at radius 1 is 0.573 bits per heavy atom. The van der Waals surface area contributed by atoms with Gasteiger partial charge in [-0.1, -0.05) is 94.6 Å². The number of aromatic carboxylic acids is 1. The lowest BCUT2D eigenvalue weighted by molar-refractivity contribution is -0.191. The van der Waals surface area contributed by atoms with Crippen molar-refractivity contribution in [2.24, 2.45) is 44.8 Å². The molecule has 0 atom stereocenters. The first kappa shape index (κ1) is 109. The second kappa shape index (κ2) is 53.3. The summed E-state index contributed by atoms with van der Waals surface area (Å²) in [6.07, 6.45) is 0.827. The number of hydrazine groups is 1. The Morgan fingerprint density at radius 2 is 0.944 bits per heavy atom. The van der Waals surface area contributed by atoms with Gasteiger partial charge in [-0.25, -0.2) is 98.2 Å². The molecule has 54 heteroatoms. The van der Waals surface area contributed by atoms with Gasteiger partial charge < -0.3 is 30.8 Å². The van der Waals surface area contributed by atoms with Gasteiger partial charge in [0, 0.05) is 53.6 Å². The molecule has 0 bridgehead atoms. The minimum Gasteiger partial charge on any atom is -0.476 e. The molecule has 664 valence electrons. The van der Waals surface area contributed by atoms with Gasteiger partial charge in [-0.3, -0.25) is 43.9 Å². The average molecular weight is 1920 g/mol. The lowest BCUT2D eigenvalue weighted by Gasteiger charge is -2.10. The normalized spacial score (nSPS) is 9.90. The van der Waals surface area contributed by atoms with E-state index in [9.17, 15) is 93.5 Å². The number of alkyl halides is 3. The fraction of sp³-hybridized carbons (Fsp3) is 0.214. The fourth-order valence-electron chi connectivity index (χ4n) is 7.91. The van der Waals surface area contributed by atoms with E-state index in [1.165, 1.54) is 95.9 Å². The number of anilines is 2. The van der Waals surface area contributed by atoms with E-state index in [1.54, 1.807) is 13.8 Å². The van der Waals surface area contributed by atoms with Crippen molar-refractivity contribution in [3.05, 3.63) is 259 Å². The molecule has 0 spiro atoms. The van der Waals surface area contributed by atoms with Crippen LogP contribution in [-0.2, 0) is 77.6 Å². The Labute approximate surface area is 737 Å². The van der Waals surface area contributed by atoms with Crippen molar-refractivity contribution in [3.8, 4) is 17.1 Å². The SMILES string of the molecule is CC(=O)c1nn(C)c(=O)n(-c2ccc(F)cc2Cl)c1=O.CCN.CCOC(=O)C(=O)CC.CN(N)C(=O)Cc1ccc(F)cc1Cl.COC(=O)OC(Cl)(Cl)Cl.Cn1nc(C(=O)O)c(=O)n(-c2ccc(F)cc2Cl)c1=O.Cn1nnnc1NC(=O)c1nn(C)c(=O)n(-c2ccc(F)cc2Cl)c1=O.Nc1ccc(F)cc1Cl.O=C=Nc1ccc(F)cc1Cl.O=C=O. The topological polar surface area (TPSA) is 539 Å². The second-order valence-electron chi connectivity index (χ2n) is 22.3. The molecule has 0 aliphatic rings. The summed E-state index contributed by atoms with van der Waals surface area (Å²) in [5, 5.41) is 33.3. The van der Waals surface area contributed by atoms with Crippen molar-refractivity contribution in [2.75, 3.05) is 38.4 Å². The molecule has 6 aromatic carbocycles. The molecule has 4 heterocycles. The summed E-state index contributed by atoms with van der Waals surface area (Å²) >= 11 is 49.3. The maximum atomic E-state index is 13.2. The van der Waals surface area contributed by atoms with Gasteiger partial charge in [0.05, 0.1) is 73.7 Å². The number of ketones is 2. The van der Waals surface area contributed by atoms with Crippen LogP contribution in [0.4, 0.5) is 48.5 Å². The number of aliphatic imine (C=N–C) groups is 1. The number of nitrogen functional groups attached to an aromatic ring is 1. The minimum atomic E-state index is -2.03. The van der Waals surface area contributed by atoms with E-state index in [1.807, 2.05) is 6.92 Å². The van der Waals surface area contributed by atoms with Crippen LogP contribution in [-0.4, -0.2) is 158 Å². The van der Waals surface area contributed by atoms with Gasteiger partial charge in [-0.05, 0) is 167 Å². The molecule has 2 amide bonds. The van der Waals surface area contributed by atoms with Gasteiger partial charge in [0.15, 0.2) is 11.5 Å². The van der Waals surface area contributed by atoms with Crippen molar-refractivity contribution >= 4 is 175 Å². The maximum Gasteiger partial charge on any atom is 0.511 e. The van der Waals surface area contributed by atoms with E-state index in [2.05, 4.69) is 55.3 Å². The molecule has 0 aliphatic carbocycles. The molecule has 0 saturated heterocycles. The number of nitrogens with zero attached hydrogens (tertiary/aromatic N) is 15. The average Bonchev–Trinajstić information content (AvgIpc) is 0.910. The number of carbonyl (C=O) groups is 7. The van der Waals surface area contributed by atoms with E-state index in [4.69, 9.17) is 136 Å². The Bertz CT molecular complexity index is 5840. The molecule has 0 fully saturated rings. The number of rotatable bonds is 13. The summed E-state index contributed by atoms with van der Waals surface area (Å²) in [4.78, 5) is 179. The number of aromatic nitrogens is 13. The van der Waals surface area contributed by atoms with Crippen LogP contribution in [0.25, 0.3) is 17.1 Å². The molecule has 10 rings (SSSR count). The molecule has 0 unspecified atom stereocenters. The van der Waals surface area contributed by atoms with Crippen molar-refractivity contribution < 1.29 is 93.6 Å². The lowest BCUT2D eigenvalue weighted by atomic mass is 10.1. The molecular formula is C70H64Cl9F6N19O20. The van der Waals surface area contributed by atoms with Gasteiger partial charge >= 0.3 is 45.3 Å². The zero-order chi connectivity index (χ0) is 95.1. The highest BCUT2D eigenvalue weighted by Crippen LogP contribution is 2.28. The number of hydrogen-bond acceptors (Lipinski definition) is 29. The number of aryl methyl sites for hydroxylation is 4. The number of hydrogen-bond donors (Lipinski definition) is 5. The number of carbonyl (C=O) groups excluding carboxylic acids is 9. The molecule has 0 saturated carbocycles. The summed E-state index contributed by atoms with van der Waals surface area (Å²) < 4.78 is 92.2. The molecule has 4 aromatic heterocycles. The standard InChI is InChI=1S/C13H10ClFN8O3.C12H9ClFN3O3.C11H7ClFN3O4.C9H10ClFN2O.C7H3ClFNO.C6H5ClFN.C6H10O3.C3H3Cl3O3.C2H7N.CO2/c1-21-12(17-19-20-21)16-10(24)9-11(25)23(13(26)22(2)18-9)8-4-3-6(15)5-7(8)14;1-6(18)10-11(19)17(12(20)16(2)15-10)9-4-3-7(14)5-8(9)13;1-15-11(20)16(9(17)8(14-15)10(18)19)7-3-2-5(13)4-6(7)12;1-13(12)9(14)4-6-2-3-7(11)5-8(6)10;8-6-3-5(9)1-2-7(6)10-4-11;7-5-3-4(8)1-2-6(5)9;1-3-5(7)6(8)9-4-2;1-8-2(7)9-3(4,5)6;1-2-3;2-1-3/h3-5H,1-2H3,(H,16,17,20,24);3-5H,1-2H3;2-4H,1H3,(H,18,19);2-3,5H,4,12H2,1H3;1-3H;1-3H,9H2;3-4H2,1-2H3;1H3;2-3H2,1H3;. The number of methoxy groups -OCH3 is 1. The van der Waals surface area contributed by atoms with Crippen molar-refractivity contribution in [3.63, 3.8) is 0 Å². The fourth-order valence-corrected chi connectivity index (χ4v) is 9.46. The minimum absolute atomic E-state index is 0.0106. The predicted octanol–water partition coefficient (Wildman–Crippen LogP) is 8.72. The van der Waals surface area contributed by atoms with E-state index in [-0.39, 0.29) is 96.2 Å². The number of benzene rings is 6. The quantitative estimate of drug-likeness (QED) is 0.00615. The molecule has 10 aromatic rings. The number of carboxylic acid groups (broad SMARTS) is 1. The number of Topliss-reactive ketones (excluding diaryl/α,β-unsaturated/α-hetero) is 2. The number of nitrogens with one attached hydrogen (secondary N) is 1. The van der Waals surface area contributed by atoms with E-state index in [0.29, 0.717) is 29.6 Å². The number of nitrogens with two attached hydrogens (primary N) is 3. The van der Waals surface area contributed by atoms with Gasteiger partial charge in [0.25, 0.3) is 22.6 Å². The Morgan fingerprint density at radius 3 is 1.27 bits per heavy atom. The highest BCUT2D eigenvalue weighted by molar-refractivity contribution is 6.66. The number of isocyanates is 1. The van der Waals surface area contributed by atoms with Crippen molar-refractivity contribution in [1.82, 2.24) is 68.3 Å². The lowest BCUT2D eigenvalue weighted by Crippen LogP contribution is -2.43. The maximum absolute atomic E-state index is 13.2. The van der Waals surface area contributed by atoms with Crippen LogP contribution < -0.4 is 56.4 Å². The number of ether oxygens (including phenoxy) is 3. The van der Waals surface area contributed by atoms with E-state index >= 15 is 0 Å². The number of esters is 1. The van der Waals surface area contributed by atoms with Crippen LogP contribution in [0.5, 0.6) is 0 Å².